The van der Waals surface area contributed by atoms with Gasteiger partial charge in [-0.05, 0) is 42.4 Å². The van der Waals surface area contributed by atoms with Crippen LogP contribution in [0.3, 0.4) is 0 Å². The van der Waals surface area contributed by atoms with Crippen molar-refractivity contribution in [2.24, 2.45) is 11.8 Å². The highest BCUT2D eigenvalue weighted by molar-refractivity contribution is 5.89. The average molecular weight is 641 g/mol. The van der Waals surface area contributed by atoms with Gasteiger partial charge in [0.2, 0.25) is 11.8 Å². The van der Waals surface area contributed by atoms with Crippen LogP contribution in [0.4, 0.5) is 0 Å². The number of benzene rings is 3. The summed E-state index contributed by atoms with van der Waals surface area (Å²) in [4.78, 5) is 52.8. The number of rotatable bonds is 20. The van der Waals surface area contributed by atoms with E-state index >= 15 is 0 Å². The number of carbonyl (C=O) groups is 4. The molecule has 3 aromatic rings. The summed E-state index contributed by atoms with van der Waals surface area (Å²) in [6, 6.07) is 26.1. The van der Waals surface area contributed by atoms with E-state index in [1.54, 1.807) is 18.2 Å². The highest BCUT2D eigenvalue weighted by atomic mass is 16.6. The van der Waals surface area contributed by atoms with Crippen LogP contribution in [-0.2, 0) is 48.1 Å². The molecule has 9 nitrogen and oxygen atoms in total. The van der Waals surface area contributed by atoms with Crippen molar-refractivity contribution in [3.8, 4) is 0 Å². The van der Waals surface area contributed by atoms with Crippen molar-refractivity contribution < 1.29 is 33.8 Å². The molecule has 0 aliphatic carbocycles. The lowest BCUT2D eigenvalue weighted by Gasteiger charge is -2.23. The molecular formula is C38H44N2O7. The van der Waals surface area contributed by atoms with Gasteiger partial charge in [0.1, 0.15) is 13.2 Å². The standard InChI is InChI=1S/C38H44N2O7/c1-3-14-31(24-35(42)39-33(25-41)23-29-18-10-6-11-19-29)36(43)40-34(38(45)46-26-30-20-12-7-13-21-30)27-47-37(44)32(15-4-2)22-28-16-8-5-9-17-28/h3-13,16-21,31-34,41H,1-2,14-15,22-27H2,(H,39,42)(H,40,43)/t31-,32-,33+,34-/m1/s1. The first-order chi connectivity index (χ1) is 22.8. The molecule has 0 saturated heterocycles. The number of carbonyl (C=O) groups excluding carboxylic acids is 4. The van der Waals surface area contributed by atoms with Crippen molar-refractivity contribution in [1.82, 2.24) is 10.6 Å². The lowest BCUT2D eigenvalue weighted by Crippen LogP contribution is -2.48. The smallest absolute Gasteiger partial charge is 0.332 e. The van der Waals surface area contributed by atoms with Gasteiger partial charge in [-0.15, -0.1) is 13.2 Å². The molecule has 3 N–H and O–H groups in total. The summed E-state index contributed by atoms with van der Waals surface area (Å²) >= 11 is 0. The second-order valence-corrected chi connectivity index (χ2v) is 11.3. The monoisotopic (exact) mass is 640 g/mol. The SMILES string of the molecule is C=CC[C@H](CC(=O)N[C@H](CO)Cc1ccccc1)C(=O)N[C@H](COC(=O)[C@H](CC=C)Cc1ccccc1)C(=O)OCc1ccccc1. The van der Waals surface area contributed by atoms with Crippen molar-refractivity contribution in [3.63, 3.8) is 0 Å². The molecule has 47 heavy (non-hydrogen) atoms. The predicted octanol–water partition coefficient (Wildman–Crippen LogP) is 4.50. The minimum Gasteiger partial charge on any atom is -0.463 e. The Kier molecular flexibility index (Phi) is 15.6. The molecule has 0 saturated carbocycles. The number of hydrogen-bond acceptors (Lipinski definition) is 7. The Morgan fingerprint density at radius 3 is 1.77 bits per heavy atom. The van der Waals surface area contributed by atoms with E-state index in [9.17, 15) is 24.3 Å². The van der Waals surface area contributed by atoms with Crippen molar-refractivity contribution in [1.29, 1.82) is 0 Å². The van der Waals surface area contributed by atoms with Crippen LogP contribution in [0.25, 0.3) is 0 Å². The molecule has 248 valence electrons. The fraction of sp³-hybridized carbons (Fsp3) is 0.316. The highest BCUT2D eigenvalue weighted by Crippen LogP contribution is 2.16. The molecule has 0 fully saturated rings. The summed E-state index contributed by atoms with van der Waals surface area (Å²) in [6.45, 7) is 6.67. The third-order valence-electron chi connectivity index (χ3n) is 7.49. The summed E-state index contributed by atoms with van der Waals surface area (Å²) in [5, 5.41) is 15.3. The van der Waals surface area contributed by atoms with Gasteiger partial charge in [-0.1, -0.05) is 103 Å². The van der Waals surface area contributed by atoms with Crippen LogP contribution in [0.5, 0.6) is 0 Å². The van der Waals surface area contributed by atoms with E-state index in [1.165, 1.54) is 6.08 Å². The van der Waals surface area contributed by atoms with Crippen molar-refractivity contribution >= 4 is 23.8 Å². The molecule has 3 aromatic carbocycles. The molecule has 3 rings (SSSR count). The van der Waals surface area contributed by atoms with E-state index in [2.05, 4.69) is 23.8 Å². The largest absolute Gasteiger partial charge is 0.463 e. The molecule has 0 aliphatic heterocycles. The topological polar surface area (TPSA) is 131 Å². The molecule has 0 unspecified atom stereocenters. The predicted molar refractivity (Wildman–Crippen MR) is 180 cm³/mol. The van der Waals surface area contributed by atoms with Gasteiger partial charge < -0.3 is 25.2 Å². The van der Waals surface area contributed by atoms with Gasteiger partial charge in [0.25, 0.3) is 0 Å². The fourth-order valence-electron chi connectivity index (χ4n) is 4.99. The average Bonchev–Trinajstić information content (AvgIpc) is 3.09. The van der Waals surface area contributed by atoms with Gasteiger partial charge in [-0.25, -0.2) is 4.79 Å². The quantitative estimate of drug-likeness (QED) is 0.123. The molecular weight excluding hydrogens is 596 g/mol. The summed E-state index contributed by atoms with van der Waals surface area (Å²) in [7, 11) is 0. The molecule has 9 heteroatoms. The number of hydrogen-bond donors (Lipinski definition) is 3. The number of allylic oxidation sites excluding steroid dienone is 2. The number of esters is 2. The normalized spacial score (nSPS) is 13.2. The van der Waals surface area contributed by atoms with Crippen LogP contribution in [-0.4, -0.2) is 54.2 Å². The Bertz CT molecular complexity index is 1430. The van der Waals surface area contributed by atoms with Gasteiger partial charge in [0, 0.05) is 6.42 Å². The first-order valence-electron chi connectivity index (χ1n) is 15.7. The zero-order valence-electron chi connectivity index (χ0n) is 26.6. The lowest BCUT2D eigenvalue weighted by molar-refractivity contribution is -0.157. The second-order valence-electron chi connectivity index (χ2n) is 11.3. The van der Waals surface area contributed by atoms with Crippen LogP contribution in [0.15, 0.2) is 116 Å². The van der Waals surface area contributed by atoms with Gasteiger partial charge in [-0.2, -0.15) is 0 Å². The van der Waals surface area contributed by atoms with Crippen LogP contribution < -0.4 is 10.6 Å². The highest BCUT2D eigenvalue weighted by Gasteiger charge is 2.30. The Morgan fingerprint density at radius 2 is 1.21 bits per heavy atom. The first kappa shape index (κ1) is 36.4. The van der Waals surface area contributed by atoms with Crippen LogP contribution in [0.2, 0.25) is 0 Å². The molecule has 0 radical (unpaired) electrons. The third-order valence-corrected chi connectivity index (χ3v) is 7.49. The maximum atomic E-state index is 13.5. The van der Waals surface area contributed by atoms with Crippen LogP contribution in [0.1, 0.15) is 36.0 Å². The maximum Gasteiger partial charge on any atom is 0.332 e. The Balaban J connectivity index is 1.68. The minimum absolute atomic E-state index is 0.0461. The van der Waals surface area contributed by atoms with Crippen LogP contribution >= 0.6 is 0 Å². The second kappa shape index (κ2) is 20.2. The summed E-state index contributed by atoms with van der Waals surface area (Å²) < 4.78 is 11.1. The van der Waals surface area contributed by atoms with Gasteiger partial charge in [-0.3, -0.25) is 14.4 Å². The van der Waals surface area contributed by atoms with Crippen molar-refractivity contribution in [2.45, 2.75) is 50.8 Å². The minimum atomic E-state index is -1.32. The summed E-state index contributed by atoms with van der Waals surface area (Å²) in [5.74, 6) is -3.80. The van der Waals surface area contributed by atoms with E-state index < -0.39 is 54.3 Å². The summed E-state index contributed by atoms with van der Waals surface area (Å²) in [6.07, 6.45) is 4.26. The zero-order chi connectivity index (χ0) is 33.9. The summed E-state index contributed by atoms with van der Waals surface area (Å²) in [5.41, 5.74) is 2.63. The Morgan fingerprint density at radius 1 is 0.681 bits per heavy atom. The molecule has 0 aromatic heterocycles. The molecule has 0 spiro atoms. The number of aliphatic hydroxyl groups is 1. The third kappa shape index (κ3) is 13.1. The Labute approximate surface area is 276 Å². The molecule has 0 heterocycles. The first-order valence-corrected chi connectivity index (χ1v) is 15.7. The zero-order valence-corrected chi connectivity index (χ0v) is 26.6. The van der Waals surface area contributed by atoms with Gasteiger partial charge in [0.05, 0.1) is 24.5 Å². The van der Waals surface area contributed by atoms with E-state index in [-0.39, 0.29) is 26.1 Å². The number of ether oxygens (including phenoxy) is 2. The van der Waals surface area contributed by atoms with Crippen LogP contribution in [0, 0.1) is 11.8 Å². The van der Waals surface area contributed by atoms with Gasteiger partial charge in [0.15, 0.2) is 6.04 Å². The molecule has 2 amide bonds. The maximum absolute atomic E-state index is 13.5. The molecule has 0 aliphatic rings. The number of amides is 2. The number of nitrogens with one attached hydrogen (secondary N) is 2. The van der Waals surface area contributed by atoms with Gasteiger partial charge >= 0.3 is 11.9 Å². The van der Waals surface area contributed by atoms with E-state index in [0.29, 0.717) is 19.3 Å². The van der Waals surface area contributed by atoms with E-state index in [0.717, 1.165) is 16.7 Å². The fourth-order valence-corrected chi connectivity index (χ4v) is 4.99. The molecule has 4 atom stereocenters. The van der Waals surface area contributed by atoms with E-state index in [1.807, 2.05) is 78.9 Å². The Hall–Kier alpha value is -5.02. The molecule has 0 bridgehead atoms. The lowest BCUT2D eigenvalue weighted by atomic mass is 9.96. The van der Waals surface area contributed by atoms with E-state index in [4.69, 9.17) is 9.47 Å². The van der Waals surface area contributed by atoms with Crippen molar-refractivity contribution in [3.05, 3.63) is 133 Å². The number of aliphatic hydroxyl groups excluding tert-OH is 1. The van der Waals surface area contributed by atoms with Crippen molar-refractivity contribution in [2.75, 3.05) is 13.2 Å².